The van der Waals surface area contributed by atoms with Crippen LogP contribution < -0.4 is 10.6 Å². The Hall–Kier alpha value is -2.35. The number of carbonyl (C=O) groups is 2. The van der Waals surface area contributed by atoms with Gasteiger partial charge in [-0.2, -0.15) is 16.4 Å². The molecule has 2 amide bonds. The molecule has 0 radical (unpaired) electrons. The summed E-state index contributed by atoms with van der Waals surface area (Å²) in [5, 5.41) is 21.5. The summed E-state index contributed by atoms with van der Waals surface area (Å²) in [6.07, 6.45) is 2.85. The lowest BCUT2D eigenvalue weighted by Gasteiger charge is -2.04. The lowest BCUT2D eigenvalue weighted by Crippen LogP contribution is -2.27. The smallest absolute Gasteiger partial charge is 0.325 e. The summed E-state index contributed by atoms with van der Waals surface area (Å²) < 4.78 is 1.23. The molecular weight excluding hydrogens is 268 g/mol. The highest BCUT2D eigenvalue weighted by Gasteiger charge is 2.06. The average molecular weight is 280 g/mol. The number of carboxylic acids is 1. The van der Waals surface area contributed by atoms with Crippen molar-refractivity contribution in [1.82, 2.24) is 15.1 Å². The molecule has 0 saturated carbocycles. The molecule has 0 aliphatic rings. The molecule has 0 aliphatic carbocycles. The Labute approximate surface area is 112 Å². The molecule has 0 atom stereocenters. The average Bonchev–Trinajstić information content (AvgIpc) is 2.97. The van der Waals surface area contributed by atoms with Gasteiger partial charge in [0.2, 0.25) is 0 Å². The van der Waals surface area contributed by atoms with Crippen molar-refractivity contribution in [3.8, 4) is 0 Å². The Balaban J connectivity index is 1.81. The third-order valence-electron chi connectivity index (χ3n) is 2.22. The summed E-state index contributed by atoms with van der Waals surface area (Å²) in [7, 11) is 0. The fraction of sp³-hybridized carbons (Fsp3) is 0.182. The van der Waals surface area contributed by atoms with Crippen LogP contribution >= 0.6 is 11.3 Å². The second-order valence-corrected chi connectivity index (χ2v) is 4.54. The monoisotopic (exact) mass is 280 g/mol. The van der Waals surface area contributed by atoms with E-state index in [4.69, 9.17) is 5.11 Å². The molecule has 100 valence electrons. The van der Waals surface area contributed by atoms with E-state index in [9.17, 15) is 9.59 Å². The Morgan fingerprint density at radius 1 is 1.47 bits per heavy atom. The molecular formula is C11H12N4O3S. The van der Waals surface area contributed by atoms with Gasteiger partial charge in [0, 0.05) is 12.7 Å². The maximum Gasteiger partial charge on any atom is 0.325 e. The predicted octanol–water partition coefficient (Wildman–Crippen LogP) is 1.35. The minimum atomic E-state index is -0.989. The molecule has 2 aromatic heterocycles. The van der Waals surface area contributed by atoms with Crippen LogP contribution in [-0.4, -0.2) is 26.9 Å². The van der Waals surface area contributed by atoms with Crippen LogP contribution in [0.5, 0.6) is 0 Å². The first-order valence-electron chi connectivity index (χ1n) is 5.43. The van der Waals surface area contributed by atoms with E-state index in [0.29, 0.717) is 12.2 Å². The molecule has 2 aromatic rings. The first kappa shape index (κ1) is 13.1. The van der Waals surface area contributed by atoms with Crippen LogP contribution in [0.15, 0.2) is 29.2 Å². The van der Waals surface area contributed by atoms with E-state index >= 15 is 0 Å². The fourth-order valence-corrected chi connectivity index (χ4v) is 2.07. The number of nitrogens with one attached hydrogen (secondary N) is 2. The third kappa shape index (κ3) is 4.11. The Bertz CT molecular complexity index is 564. The Kier molecular flexibility index (Phi) is 4.14. The molecule has 0 unspecified atom stereocenters. The van der Waals surface area contributed by atoms with Crippen molar-refractivity contribution in [2.45, 2.75) is 13.1 Å². The van der Waals surface area contributed by atoms with E-state index < -0.39 is 5.97 Å². The highest BCUT2D eigenvalue weighted by molar-refractivity contribution is 7.07. The van der Waals surface area contributed by atoms with E-state index in [1.54, 1.807) is 11.3 Å². The van der Waals surface area contributed by atoms with E-state index in [1.165, 1.54) is 17.1 Å². The third-order valence-corrected chi connectivity index (χ3v) is 2.95. The number of carbonyl (C=O) groups excluding carboxylic acids is 1. The lowest BCUT2D eigenvalue weighted by atomic mass is 10.3. The number of anilines is 1. The first-order chi connectivity index (χ1) is 9.13. The molecule has 2 rings (SSSR count). The Morgan fingerprint density at radius 3 is 3.00 bits per heavy atom. The predicted molar refractivity (Wildman–Crippen MR) is 70.0 cm³/mol. The topological polar surface area (TPSA) is 96.2 Å². The molecule has 8 heteroatoms. The van der Waals surface area contributed by atoms with Gasteiger partial charge in [-0.05, 0) is 22.4 Å². The van der Waals surface area contributed by atoms with E-state index in [0.717, 1.165) is 5.56 Å². The number of urea groups is 1. The number of aliphatic carboxylic acids is 1. The molecule has 0 fully saturated rings. The number of hydrogen-bond donors (Lipinski definition) is 3. The van der Waals surface area contributed by atoms with Crippen LogP contribution in [0.3, 0.4) is 0 Å². The number of amides is 2. The maximum atomic E-state index is 11.6. The van der Waals surface area contributed by atoms with Gasteiger partial charge in [-0.3, -0.25) is 9.48 Å². The molecule has 2 heterocycles. The van der Waals surface area contributed by atoms with Crippen molar-refractivity contribution in [3.05, 3.63) is 34.8 Å². The minimum Gasteiger partial charge on any atom is -0.480 e. The van der Waals surface area contributed by atoms with Crippen molar-refractivity contribution >= 4 is 29.0 Å². The van der Waals surface area contributed by atoms with Crippen LogP contribution in [0.25, 0.3) is 0 Å². The Morgan fingerprint density at radius 2 is 2.32 bits per heavy atom. The normalized spacial score (nSPS) is 10.1. The first-order valence-corrected chi connectivity index (χ1v) is 6.38. The maximum absolute atomic E-state index is 11.6. The van der Waals surface area contributed by atoms with Gasteiger partial charge in [-0.1, -0.05) is 0 Å². The number of aromatic nitrogens is 2. The van der Waals surface area contributed by atoms with E-state index in [2.05, 4.69) is 15.7 Å². The highest BCUT2D eigenvalue weighted by Crippen LogP contribution is 2.06. The fourth-order valence-electron chi connectivity index (χ4n) is 1.40. The summed E-state index contributed by atoms with van der Waals surface area (Å²) in [6, 6.07) is 1.57. The number of thiophene rings is 1. The number of rotatable bonds is 5. The summed E-state index contributed by atoms with van der Waals surface area (Å²) in [6.45, 7) is 0.205. The van der Waals surface area contributed by atoms with Gasteiger partial charge in [0.15, 0.2) is 0 Å². The second kappa shape index (κ2) is 6.01. The zero-order chi connectivity index (χ0) is 13.7. The van der Waals surface area contributed by atoms with Crippen molar-refractivity contribution in [1.29, 1.82) is 0 Å². The van der Waals surface area contributed by atoms with Crippen LogP contribution in [0.4, 0.5) is 10.5 Å². The van der Waals surface area contributed by atoms with Crippen LogP contribution in [0.2, 0.25) is 0 Å². The van der Waals surface area contributed by atoms with Crippen molar-refractivity contribution in [3.63, 3.8) is 0 Å². The number of nitrogens with zero attached hydrogens (tertiary/aromatic N) is 2. The van der Waals surface area contributed by atoms with Gasteiger partial charge >= 0.3 is 12.0 Å². The van der Waals surface area contributed by atoms with Crippen LogP contribution in [-0.2, 0) is 17.9 Å². The molecule has 0 bridgehead atoms. The molecule has 7 nitrogen and oxygen atoms in total. The molecule has 3 N–H and O–H groups in total. The summed E-state index contributed by atoms with van der Waals surface area (Å²) >= 11 is 1.56. The van der Waals surface area contributed by atoms with Gasteiger partial charge < -0.3 is 15.7 Å². The van der Waals surface area contributed by atoms with Crippen molar-refractivity contribution < 1.29 is 14.7 Å². The zero-order valence-electron chi connectivity index (χ0n) is 9.87. The van der Waals surface area contributed by atoms with Gasteiger partial charge in [-0.15, -0.1) is 0 Å². The van der Waals surface area contributed by atoms with Crippen molar-refractivity contribution in [2.75, 3.05) is 5.32 Å². The summed E-state index contributed by atoms with van der Waals surface area (Å²) in [5.74, 6) is -0.989. The minimum absolute atomic E-state index is 0.238. The standard InChI is InChI=1S/C11H12N4O3S/c16-10(17)6-15-5-9(4-13-15)14-11(18)12-3-8-1-2-19-7-8/h1-2,4-5,7H,3,6H2,(H,16,17)(H2,12,14,18). The number of hydrogen-bond acceptors (Lipinski definition) is 4. The lowest BCUT2D eigenvalue weighted by molar-refractivity contribution is -0.137. The summed E-state index contributed by atoms with van der Waals surface area (Å²) in [5.41, 5.74) is 1.48. The van der Waals surface area contributed by atoms with Crippen LogP contribution in [0.1, 0.15) is 5.56 Å². The van der Waals surface area contributed by atoms with E-state index in [1.807, 2.05) is 16.8 Å². The second-order valence-electron chi connectivity index (χ2n) is 3.76. The zero-order valence-corrected chi connectivity index (χ0v) is 10.7. The largest absolute Gasteiger partial charge is 0.480 e. The van der Waals surface area contributed by atoms with Gasteiger partial charge in [0.05, 0.1) is 11.9 Å². The molecule has 0 aromatic carbocycles. The number of carboxylic acid groups (broad SMARTS) is 1. The van der Waals surface area contributed by atoms with Gasteiger partial charge in [-0.25, -0.2) is 4.79 Å². The van der Waals surface area contributed by atoms with Crippen LogP contribution in [0, 0.1) is 0 Å². The molecule has 0 saturated heterocycles. The SMILES string of the molecule is O=C(O)Cn1cc(NC(=O)NCc2ccsc2)cn1. The van der Waals surface area contributed by atoms with Gasteiger partial charge in [0.25, 0.3) is 0 Å². The molecule has 19 heavy (non-hydrogen) atoms. The highest BCUT2D eigenvalue weighted by atomic mass is 32.1. The quantitative estimate of drug-likeness (QED) is 0.770. The van der Waals surface area contributed by atoms with E-state index in [-0.39, 0.29) is 12.6 Å². The van der Waals surface area contributed by atoms with Gasteiger partial charge in [0.1, 0.15) is 6.54 Å². The summed E-state index contributed by atoms with van der Waals surface area (Å²) in [4.78, 5) is 22.0. The van der Waals surface area contributed by atoms with Crippen molar-refractivity contribution in [2.24, 2.45) is 0 Å². The molecule has 0 spiro atoms. The molecule has 0 aliphatic heterocycles.